The number of thiophene rings is 1. The van der Waals surface area contributed by atoms with Crippen LogP contribution < -0.4 is 15.4 Å². The van der Waals surface area contributed by atoms with Gasteiger partial charge in [-0.3, -0.25) is 4.79 Å². The highest BCUT2D eigenvalue weighted by atomic mass is 32.1. The zero-order chi connectivity index (χ0) is 20.9. The van der Waals surface area contributed by atoms with Gasteiger partial charge in [-0.1, -0.05) is 18.9 Å². The largest absolute Gasteiger partial charge is 0.490 e. The molecular weight excluding hydrogens is 396 g/mol. The van der Waals surface area contributed by atoms with Gasteiger partial charge in [0.1, 0.15) is 18.2 Å². The summed E-state index contributed by atoms with van der Waals surface area (Å²) in [5.41, 5.74) is 7.97. The number of benzene rings is 1. The minimum atomic E-state index is 0.262. The zero-order valence-corrected chi connectivity index (χ0v) is 18.4. The van der Waals surface area contributed by atoms with Crippen LogP contribution in [-0.4, -0.2) is 49.9 Å². The topological polar surface area (TPSA) is 71.2 Å². The maximum Gasteiger partial charge on any atom is 0.222 e. The Kier molecular flexibility index (Phi) is 6.57. The summed E-state index contributed by atoms with van der Waals surface area (Å²) < 4.78 is 5.83. The summed E-state index contributed by atoms with van der Waals surface area (Å²) in [6, 6.07) is 9.84. The van der Waals surface area contributed by atoms with Crippen LogP contribution in [0.2, 0.25) is 0 Å². The molecule has 0 spiro atoms. The number of likely N-dealkylation sites (N-methyl/N-ethyl adjacent to an activating group) is 1. The molecule has 160 valence electrons. The van der Waals surface area contributed by atoms with Gasteiger partial charge in [-0.2, -0.15) is 0 Å². The van der Waals surface area contributed by atoms with Gasteiger partial charge >= 0.3 is 0 Å². The van der Waals surface area contributed by atoms with Crippen molar-refractivity contribution in [1.82, 2.24) is 4.90 Å². The molecule has 4 rings (SSSR count). The van der Waals surface area contributed by atoms with Gasteiger partial charge in [0, 0.05) is 26.6 Å². The standard InChI is InChI=1S/C23H30N4O2S/c1-26(22(28)15-17-5-2-3-6-17)10-11-27-12-13-29-20-9-8-18(16-19(20)27)25-23(24)21-7-4-14-30-21/h4,7-9,14,16-17H,2-3,5-6,10-13,15H2,1H3,(H2,24,25). The molecule has 2 N–H and O–H groups in total. The van der Waals surface area contributed by atoms with Gasteiger partial charge < -0.3 is 20.3 Å². The van der Waals surface area contributed by atoms with Crippen LogP contribution in [0.15, 0.2) is 40.7 Å². The number of carbonyl (C=O) groups is 1. The fraction of sp³-hybridized carbons (Fsp3) is 0.478. The number of ether oxygens (including phenoxy) is 1. The normalized spacial score (nSPS) is 17.0. The van der Waals surface area contributed by atoms with Gasteiger partial charge in [-0.25, -0.2) is 4.99 Å². The van der Waals surface area contributed by atoms with Crippen LogP contribution in [0.5, 0.6) is 5.75 Å². The van der Waals surface area contributed by atoms with Gasteiger partial charge in [-0.05, 0) is 48.4 Å². The number of nitrogens with two attached hydrogens (primary N) is 1. The molecule has 2 aliphatic rings. The lowest BCUT2D eigenvalue weighted by atomic mass is 10.0. The van der Waals surface area contributed by atoms with Crippen molar-refractivity contribution in [2.45, 2.75) is 32.1 Å². The summed E-state index contributed by atoms with van der Waals surface area (Å²) >= 11 is 1.58. The van der Waals surface area contributed by atoms with Crippen LogP contribution in [0.3, 0.4) is 0 Å². The van der Waals surface area contributed by atoms with Crippen LogP contribution in [0.4, 0.5) is 11.4 Å². The number of nitrogens with zero attached hydrogens (tertiary/aromatic N) is 3. The minimum absolute atomic E-state index is 0.262. The number of hydrogen-bond donors (Lipinski definition) is 1. The Morgan fingerprint density at radius 2 is 2.17 bits per heavy atom. The summed E-state index contributed by atoms with van der Waals surface area (Å²) in [7, 11) is 1.92. The molecule has 0 bridgehead atoms. The molecule has 0 radical (unpaired) electrons. The number of amides is 1. The van der Waals surface area contributed by atoms with Crippen LogP contribution in [0.25, 0.3) is 0 Å². The van der Waals surface area contributed by atoms with Crippen LogP contribution in [-0.2, 0) is 4.79 Å². The summed E-state index contributed by atoms with van der Waals surface area (Å²) in [6.07, 6.45) is 5.64. The molecule has 1 fully saturated rings. The second-order valence-electron chi connectivity index (χ2n) is 8.13. The van der Waals surface area contributed by atoms with E-state index in [2.05, 4.69) is 9.89 Å². The number of rotatable bonds is 7. The Morgan fingerprint density at radius 3 is 2.93 bits per heavy atom. The highest BCUT2D eigenvalue weighted by molar-refractivity contribution is 7.12. The average Bonchev–Trinajstić information content (AvgIpc) is 3.46. The average molecular weight is 427 g/mol. The van der Waals surface area contributed by atoms with Crippen molar-refractivity contribution in [3.8, 4) is 5.75 Å². The number of hydrogen-bond acceptors (Lipinski definition) is 5. The van der Waals surface area contributed by atoms with E-state index in [0.29, 0.717) is 31.3 Å². The van der Waals surface area contributed by atoms with E-state index in [-0.39, 0.29) is 5.91 Å². The van der Waals surface area contributed by atoms with E-state index in [0.717, 1.165) is 35.1 Å². The monoisotopic (exact) mass is 426 g/mol. The number of aliphatic imine (C=N–C) groups is 1. The Hall–Kier alpha value is -2.54. The SMILES string of the molecule is CN(CCN1CCOc2ccc(N=C(N)c3cccs3)cc21)C(=O)CC1CCCC1. The first-order valence-electron chi connectivity index (χ1n) is 10.7. The third-order valence-corrected chi connectivity index (χ3v) is 6.89. The quantitative estimate of drug-likeness (QED) is 0.536. The van der Waals surface area contributed by atoms with E-state index in [4.69, 9.17) is 10.5 Å². The minimum Gasteiger partial charge on any atom is -0.490 e. The van der Waals surface area contributed by atoms with Crippen LogP contribution in [0.1, 0.15) is 37.0 Å². The van der Waals surface area contributed by atoms with Crippen molar-refractivity contribution in [2.24, 2.45) is 16.6 Å². The molecule has 0 saturated heterocycles. The van der Waals surface area contributed by atoms with E-state index in [1.807, 2.05) is 47.7 Å². The third kappa shape index (κ3) is 4.95. The molecule has 1 saturated carbocycles. The van der Waals surface area contributed by atoms with Crippen molar-refractivity contribution in [1.29, 1.82) is 0 Å². The Bertz CT molecular complexity index is 891. The van der Waals surface area contributed by atoms with Crippen molar-refractivity contribution in [3.63, 3.8) is 0 Å². The van der Waals surface area contributed by atoms with E-state index in [1.165, 1.54) is 25.7 Å². The third-order valence-electron chi connectivity index (χ3n) is 5.99. The molecule has 1 aliphatic heterocycles. The van der Waals surface area contributed by atoms with Gasteiger partial charge in [-0.15, -0.1) is 11.3 Å². The predicted octanol–water partition coefficient (Wildman–Crippen LogP) is 4.02. The molecule has 2 aromatic rings. The van der Waals surface area contributed by atoms with Crippen molar-refractivity contribution < 1.29 is 9.53 Å². The van der Waals surface area contributed by atoms with E-state index < -0.39 is 0 Å². The van der Waals surface area contributed by atoms with Crippen LogP contribution >= 0.6 is 11.3 Å². The summed E-state index contributed by atoms with van der Waals surface area (Å²) in [5, 5.41) is 1.99. The fourth-order valence-electron chi connectivity index (χ4n) is 4.19. The van der Waals surface area contributed by atoms with Gasteiger partial charge in [0.25, 0.3) is 0 Å². The Labute approximate surface area is 182 Å². The Balaban J connectivity index is 1.41. The Morgan fingerprint density at radius 1 is 1.33 bits per heavy atom. The fourth-order valence-corrected chi connectivity index (χ4v) is 4.82. The lowest BCUT2D eigenvalue weighted by Crippen LogP contribution is -2.40. The maximum atomic E-state index is 12.6. The summed E-state index contributed by atoms with van der Waals surface area (Å²) in [6.45, 7) is 2.92. The smallest absolute Gasteiger partial charge is 0.222 e. The van der Waals surface area contributed by atoms with Crippen molar-refractivity contribution in [3.05, 3.63) is 40.6 Å². The van der Waals surface area contributed by atoms with Crippen LogP contribution in [0, 0.1) is 5.92 Å². The zero-order valence-electron chi connectivity index (χ0n) is 17.5. The number of amidine groups is 1. The molecule has 7 heteroatoms. The first-order valence-corrected chi connectivity index (χ1v) is 11.6. The molecule has 2 heterocycles. The van der Waals surface area contributed by atoms with Gasteiger partial charge in [0.05, 0.1) is 22.8 Å². The molecule has 6 nitrogen and oxygen atoms in total. The summed E-state index contributed by atoms with van der Waals surface area (Å²) in [5.74, 6) is 2.22. The molecule has 30 heavy (non-hydrogen) atoms. The second-order valence-corrected chi connectivity index (χ2v) is 9.08. The summed E-state index contributed by atoms with van der Waals surface area (Å²) in [4.78, 5) is 22.3. The van der Waals surface area contributed by atoms with E-state index >= 15 is 0 Å². The van der Waals surface area contributed by atoms with Crippen molar-refractivity contribution >= 4 is 34.5 Å². The molecular formula is C23H30N4O2S. The number of anilines is 1. The highest BCUT2D eigenvalue weighted by Gasteiger charge is 2.22. The lowest BCUT2D eigenvalue weighted by molar-refractivity contribution is -0.130. The molecule has 1 amide bonds. The van der Waals surface area contributed by atoms with Crippen molar-refractivity contribution in [2.75, 3.05) is 38.2 Å². The highest BCUT2D eigenvalue weighted by Crippen LogP contribution is 2.35. The molecule has 0 unspecified atom stereocenters. The molecule has 0 atom stereocenters. The van der Waals surface area contributed by atoms with E-state index in [9.17, 15) is 4.79 Å². The molecule has 1 aliphatic carbocycles. The lowest BCUT2D eigenvalue weighted by Gasteiger charge is -2.33. The number of carbonyl (C=O) groups excluding carboxylic acids is 1. The maximum absolute atomic E-state index is 12.6. The second kappa shape index (κ2) is 9.51. The molecule has 1 aromatic carbocycles. The van der Waals surface area contributed by atoms with Gasteiger partial charge in [0.2, 0.25) is 5.91 Å². The number of fused-ring (bicyclic) bond motifs is 1. The first-order chi connectivity index (χ1) is 14.6. The predicted molar refractivity (Wildman–Crippen MR) is 123 cm³/mol. The van der Waals surface area contributed by atoms with Gasteiger partial charge in [0.15, 0.2) is 0 Å². The molecule has 1 aromatic heterocycles. The first kappa shape index (κ1) is 20.7. The van der Waals surface area contributed by atoms with E-state index in [1.54, 1.807) is 11.3 Å².